The molecule has 0 saturated heterocycles. The van der Waals surface area contributed by atoms with E-state index in [0.29, 0.717) is 19.5 Å². The second-order valence-corrected chi connectivity index (χ2v) is 6.60. The molecule has 0 rings (SSSR count). The summed E-state index contributed by atoms with van der Waals surface area (Å²) in [6, 6.07) is 0. The summed E-state index contributed by atoms with van der Waals surface area (Å²) in [5.41, 5.74) is 4.78. The topological polar surface area (TPSA) is 58.7 Å². The Morgan fingerprint density at radius 1 is 1.23 bits per heavy atom. The summed E-state index contributed by atoms with van der Waals surface area (Å²) in [7, 11) is 0. The standard InChI is InChI=1S/C19H32F3N3O/c1-7-10-25(12-13(4)8-2)18(24-11-15(6)17(23)26)16(14(5)9-3)19(20,21)22/h11,13H,7-10,12H2,1-6H3,(H2,23,26)/b15-11+,16-14-,24-18+/t13-/m0/s1. The SMILES string of the molecule is CCCN(C[C@@H](C)CC)C(=N/C=C(\C)C(N)=O)/C(=C(\C)CC)C(F)(F)F. The lowest BCUT2D eigenvalue weighted by molar-refractivity contribution is -0.114. The number of halogens is 3. The molecule has 0 aromatic heterocycles. The molecule has 0 unspecified atom stereocenters. The van der Waals surface area contributed by atoms with Crippen molar-refractivity contribution in [2.24, 2.45) is 16.6 Å². The summed E-state index contributed by atoms with van der Waals surface area (Å²) in [5, 5.41) is 0. The molecular formula is C19H32F3N3O. The van der Waals surface area contributed by atoms with Crippen LogP contribution in [0.3, 0.4) is 0 Å². The number of carbonyl (C=O) groups is 1. The Balaban J connectivity index is 6.44. The Morgan fingerprint density at radius 2 is 1.81 bits per heavy atom. The van der Waals surface area contributed by atoms with Crippen LogP contribution in [0, 0.1) is 5.92 Å². The third-order valence-corrected chi connectivity index (χ3v) is 4.26. The summed E-state index contributed by atoms with van der Waals surface area (Å²) in [6.45, 7) is 11.4. The zero-order valence-electron chi connectivity index (χ0n) is 16.7. The van der Waals surface area contributed by atoms with Gasteiger partial charge in [0.2, 0.25) is 5.91 Å². The molecule has 0 bridgehead atoms. The number of hydrogen-bond donors (Lipinski definition) is 1. The van der Waals surface area contributed by atoms with E-state index in [2.05, 4.69) is 4.99 Å². The van der Waals surface area contributed by atoms with Crippen molar-refractivity contribution in [3.8, 4) is 0 Å². The van der Waals surface area contributed by atoms with Gasteiger partial charge in [-0.1, -0.05) is 39.7 Å². The van der Waals surface area contributed by atoms with Gasteiger partial charge in [0.15, 0.2) is 0 Å². The Bertz CT molecular complexity index is 563. The van der Waals surface area contributed by atoms with E-state index in [1.165, 1.54) is 13.8 Å². The van der Waals surface area contributed by atoms with E-state index in [9.17, 15) is 18.0 Å². The van der Waals surface area contributed by atoms with E-state index in [0.717, 1.165) is 12.6 Å². The van der Waals surface area contributed by atoms with Gasteiger partial charge in [0.05, 0.1) is 5.57 Å². The summed E-state index contributed by atoms with van der Waals surface area (Å²) >= 11 is 0. The smallest absolute Gasteiger partial charge is 0.366 e. The van der Waals surface area contributed by atoms with Gasteiger partial charge in [-0.15, -0.1) is 0 Å². The van der Waals surface area contributed by atoms with Crippen molar-refractivity contribution in [3.63, 3.8) is 0 Å². The van der Waals surface area contributed by atoms with E-state index < -0.39 is 17.7 Å². The summed E-state index contributed by atoms with van der Waals surface area (Å²) in [5.74, 6) is -0.634. The number of rotatable bonds is 9. The number of allylic oxidation sites excluding steroid dienone is 1. The predicted molar refractivity (Wildman–Crippen MR) is 101 cm³/mol. The highest BCUT2D eigenvalue weighted by Gasteiger charge is 2.40. The molecule has 0 aromatic carbocycles. The lowest BCUT2D eigenvalue weighted by Crippen LogP contribution is -2.40. The molecule has 0 aliphatic heterocycles. The molecule has 0 aromatic rings. The van der Waals surface area contributed by atoms with Crippen LogP contribution in [0.2, 0.25) is 0 Å². The van der Waals surface area contributed by atoms with Crippen molar-refractivity contribution >= 4 is 11.7 Å². The quantitative estimate of drug-likeness (QED) is 0.357. The molecule has 1 amide bonds. The first-order chi connectivity index (χ1) is 12.0. The molecule has 1 atom stereocenters. The Hall–Kier alpha value is -1.79. The van der Waals surface area contributed by atoms with Crippen LogP contribution >= 0.6 is 0 Å². The number of carbonyl (C=O) groups excluding carboxylic acids is 1. The first-order valence-electron chi connectivity index (χ1n) is 9.06. The van der Waals surface area contributed by atoms with Gasteiger partial charge in [0, 0.05) is 24.9 Å². The number of nitrogens with two attached hydrogens (primary N) is 1. The second-order valence-electron chi connectivity index (χ2n) is 6.60. The van der Waals surface area contributed by atoms with Gasteiger partial charge in [-0.2, -0.15) is 13.2 Å². The minimum Gasteiger partial charge on any atom is -0.366 e. The molecule has 0 aliphatic carbocycles. The third-order valence-electron chi connectivity index (χ3n) is 4.26. The van der Waals surface area contributed by atoms with E-state index in [1.807, 2.05) is 20.8 Å². The van der Waals surface area contributed by atoms with Crippen LogP contribution in [0.1, 0.15) is 60.8 Å². The first-order valence-corrected chi connectivity index (χ1v) is 9.06. The van der Waals surface area contributed by atoms with Crippen LogP contribution in [-0.2, 0) is 4.79 Å². The van der Waals surface area contributed by atoms with Crippen molar-refractivity contribution in [2.75, 3.05) is 13.1 Å². The number of alkyl halides is 3. The zero-order valence-corrected chi connectivity index (χ0v) is 16.7. The van der Waals surface area contributed by atoms with Gasteiger partial charge < -0.3 is 10.6 Å². The molecule has 0 saturated carbocycles. The number of primary amides is 1. The van der Waals surface area contributed by atoms with Gasteiger partial charge in [0.1, 0.15) is 5.84 Å². The van der Waals surface area contributed by atoms with Crippen LogP contribution in [-0.4, -0.2) is 35.9 Å². The Kier molecular flexibility index (Phi) is 10.3. The van der Waals surface area contributed by atoms with Crippen molar-refractivity contribution in [1.29, 1.82) is 0 Å². The van der Waals surface area contributed by atoms with Crippen molar-refractivity contribution in [1.82, 2.24) is 4.90 Å². The van der Waals surface area contributed by atoms with Gasteiger partial charge in [-0.3, -0.25) is 4.79 Å². The average Bonchev–Trinajstić information content (AvgIpc) is 2.55. The third kappa shape index (κ3) is 7.62. The average molecular weight is 375 g/mol. The molecule has 4 nitrogen and oxygen atoms in total. The minimum atomic E-state index is -4.53. The molecule has 0 fully saturated rings. The number of hydrogen-bond acceptors (Lipinski definition) is 2. The molecule has 0 heterocycles. The molecule has 7 heteroatoms. The highest BCUT2D eigenvalue weighted by Crippen LogP contribution is 2.32. The maximum Gasteiger partial charge on any atom is 0.419 e. The molecule has 0 aliphatic rings. The van der Waals surface area contributed by atoms with Crippen LogP contribution in [0.15, 0.2) is 27.9 Å². The van der Waals surface area contributed by atoms with Gasteiger partial charge in [0.25, 0.3) is 0 Å². The van der Waals surface area contributed by atoms with E-state index in [-0.39, 0.29) is 29.3 Å². The van der Waals surface area contributed by atoms with Gasteiger partial charge in [-0.05, 0) is 32.6 Å². The highest BCUT2D eigenvalue weighted by atomic mass is 19.4. The highest BCUT2D eigenvalue weighted by molar-refractivity contribution is 6.01. The van der Waals surface area contributed by atoms with Crippen LogP contribution in [0.25, 0.3) is 0 Å². The van der Waals surface area contributed by atoms with Crippen LogP contribution < -0.4 is 5.73 Å². The Labute approximate surface area is 155 Å². The Morgan fingerprint density at radius 3 is 2.19 bits per heavy atom. The maximum absolute atomic E-state index is 13.8. The molecule has 0 spiro atoms. The van der Waals surface area contributed by atoms with E-state index in [1.54, 1.807) is 11.8 Å². The molecule has 150 valence electrons. The van der Waals surface area contributed by atoms with E-state index in [4.69, 9.17) is 5.73 Å². The fraction of sp³-hybridized carbons (Fsp3) is 0.684. The largest absolute Gasteiger partial charge is 0.419 e. The summed E-state index contributed by atoms with van der Waals surface area (Å²) in [4.78, 5) is 17.0. The number of amidine groups is 1. The van der Waals surface area contributed by atoms with Crippen molar-refractivity contribution < 1.29 is 18.0 Å². The number of amides is 1. The molecule has 0 radical (unpaired) electrons. The lowest BCUT2D eigenvalue weighted by Gasteiger charge is -2.31. The van der Waals surface area contributed by atoms with E-state index >= 15 is 0 Å². The minimum absolute atomic E-state index is 0.109. The fourth-order valence-electron chi connectivity index (χ4n) is 2.32. The normalized spacial score (nSPS) is 15.6. The zero-order chi connectivity index (χ0) is 20.5. The second kappa shape index (κ2) is 11.0. The first kappa shape index (κ1) is 24.2. The molecule has 26 heavy (non-hydrogen) atoms. The predicted octanol–water partition coefficient (Wildman–Crippen LogP) is 4.82. The van der Waals surface area contributed by atoms with Crippen LogP contribution in [0.4, 0.5) is 13.2 Å². The summed E-state index contributed by atoms with van der Waals surface area (Å²) in [6.07, 6.45) is -1.61. The lowest BCUT2D eigenvalue weighted by atomic mass is 10.0. The molecule has 2 N–H and O–H groups in total. The fourth-order valence-corrected chi connectivity index (χ4v) is 2.32. The summed E-state index contributed by atoms with van der Waals surface area (Å²) < 4.78 is 41.5. The van der Waals surface area contributed by atoms with Crippen molar-refractivity contribution in [3.05, 3.63) is 22.9 Å². The number of aliphatic imine (C=N–C) groups is 1. The van der Waals surface area contributed by atoms with Crippen LogP contribution in [0.5, 0.6) is 0 Å². The molecular weight excluding hydrogens is 343 g/mol. The van der Waals surface area contributed by atoms with Gasteiger partial charge >= 0.3 is 6.18 Å². The maximum atomic E-state index is 13.8. The number of nitrogens with zero attached hydrogens (tertiary/aromatic N) is 2. The monoisotopic (exact) mass is 375 g/mol. The van der Waals surface area contributed by atoms with Gasteiger partial charge in [-0.25, -0.2) is 4.99 Å². The van der Waals surface area contributed by atoms with Crippen molar-refractivity contribution in [2.45, 2.75) is 67.0 Å².